The number of halogens is 3. The van der Waals surface area contributed by atoms with Gasteiger partial charge in [0.25, 0.3) is 0 Å². The van der Waals surface area contributed by atoms with Crippen molar-refractivity contribution in [3.05, 3.63) is 30.0 Å². The molecule has 2 rings (SSSR count). The van der Waals surface area contributed by atoms with E-state index in [4.69, 9.17) is 5.11 Å². The van der Waals surface area contributed by atoms with Crippen LogP contribution in [0.5, 0.6) is 0 Å². The number of benzene rings is 1. The van der Waals surface area contributed by atoms with Gasteiger partial charge in [0.05, 0.1) is 12.0 Å². The summed E-state index contributed by atoms with van der Waals surface area (Å²) in [6.07, 6.45) is -3.87. The van der Waals surface area contributed by atoms with Gasteiger partial charge < -0.3 is 10.1 Å². The third kappa shape index (κ3) is 3.39. The molecule has 10 heteroatoms. The molecule has 120 valence electrons. The first-order valence-electron chi connectivity index (χ1n) is 6.01. The Bertz CT molecular complexity index is 811. The summed E-state index contributed by atoms with van der Waals surface area (Å²) in [5.41, 5.74) is -0.877. The van der Waals surface area contributed by atoms with Crippen LogP contribution in [0, 0.1) is 0 Å². The minimum Gasteiger partial charge on any atom is -0.481 e. The highest BCUT2D eigenvalue weighted by Gasteiger charge is 2.31. The van der Waals surface area contributed by atoms with E-state index in [1.807, 2.05) is 0 Å². The van der Waals surface area contributed by atoms with Gasteiger partial charge in [-0.25, -0.2) is 13.1 Å². The van der Waals surface area contributed by atoms with Crippen molar-refractivity contribution in [2.45, 2.75) is 17.5 Å². The van der Waals surface area contributed by atoms with E-state index in [2.05, 4.69) is 9.71 Å². The molecule has 0 aliphatic carbocycles. The topological polar surface area (TPSA) is 99.3 Å². The molecule has 0 amide bonds. The number of fused-ring (bicyclic) bond motifs is 1. The first-order valence-corrected chi connectivity index (χ1v) is 7.49. The SMILES string of the molecule is O=C(O)CCNS(=O)(=O)c1c[nH]c2cc(C(F)(F)F)ccc12. The van der Waals surface area contributed by atoms with E-state index >= 15 is 0 Å². The Labute approximate surface area is 123 Å². The molecule has 0 saturated heterocycles. The van der Waals surface area contributed by atoms with Crippen LogP contribution >= 0.6 is 0 Å². The largest absolute Gasteiger partial charge is 0.481 e. The van der Waals surface area contributed by atoms with Crippen molar-refractivity contribution in [2.24, 2.45) is 0 Å². The highest BCUT2D eigenvalue weighted by Crippen LogP contribution is 2.32. The zero-order chi connectivity index (χ0) is 16.5. The molecule has 0 aliphatic rings. The number of carboxylic acids is 1. The fourth-order valence-electron chi connectivity index (χ4n) is 1.87. The van der Waals surface area contributed by atoms with Crippen molar-refractivity contribution in [1.29, 1.82) is 0 Å². The lowest BCUT2D eigenvalue weighted by atomic mass is 10.1. The molecule has 1 aromatic carbocycles. The first kappa shape index (κ1) is 16.3. The molecule has 2 aromatic rings. The van der Waals surface area contributed by atoms with E-state index in [0.717, 1.165) is 24.4 Å². The van der Waals surface area contributed by atoms with Crippen LogP contribution in [-0.2, 0) is 21.0 Å². The van der Waals surface area contributed by atoms with Crippen molar-refractivity contribution >= 4 is 26.9 Å². The maximum atomic E-state index is 12.6. The van der Waals surface area contributed by atoms with Gasteiger partial charge in [-0.3, -0.25) is 4.79 Å². The molecule has 0 bridgehead atoms. The van der Waals surface area contributed by atoms with Crippen LogP contribution in [0.4, 0.5) is 13.2 Å². The van der Waals surface area contributed by atoms with Crippen LogP contribution < -0.4 is 4.72 Å². The maximum Gasteiger partial charge on any atom is 0.416 e. The number of aromatic nitrogens is 1. The Morgan fingerprint density at radius 1 is 1.32 bits per heavy atom. The third-order valence-corrected chi connectivity index (χ3v) is 4.39. The van der Waals surface area contributed by atoms with Crippen LogP contribution in [0.25, 0.3) is 10.9 Å². The number of H-pyrrole nitrogens is 1. The summed E-state index contributed by atoms with van der Waals surface area (Å²) in [6.45, 7) is -0.315. The number of aliphatic carboxylic acids is 1. The Morgan fingerprint density at radius 2 is 2.00 bits per heavy atom. The van der Waals surface area contributed by atoms with E-state index in [1.165, 1.54) is 0 Å². The summed E-state index contributed by atoms with van der Waals surface area (Å²) in [6, 6.07) is 2.65. The van der Waals surface area contributed by atoms with Crippen LogP contribution in [0.1, 0.15) is 12.0 Å². The van der Waals surface area contributed by atoms with Gasteiger partial charge >= 0.3 is 12.1 Å². The highest BCUT2D eigenvalue weighted by molar-refractivity contribution is 7.89. The monoisotopic (exact) mass is 336 g/mol. The number of hydrogen-bond donors (Lipinski definition) is 3. The average Bonchev–Trinajstić information content (AvgIpc) is 2.80. The number of rotatable bonds is 5. The minimum absolute atomic E-state index is 0.0217. The molecular formula is C12H11F3N2O4S. The molecule has 0 unspecified atom stereocenters. The normalized spacial score (nSPS) is 12.7. The molecule has 1 heterocycles. The summed E-state index contributed by atoms with van der Waals surface area (Å²) in [5, 5.41) is 8.57. The predicted molar refractivity (Wildman–Crippen MR) is 70.7 cm³/mol. The number of hydrogen-bond acceptors (Lipinski definition) is 3. The second-order valence-electron chi connectivity index (χ2n) is 4.45. The number of carbonyl (C=O) groups is 1. The lowest BCUT2D eigenvalue weighted by Crippen LogP contribution is -2.26. The summed E-state index contributed by atoms with van der Waals surface area (Å²) in [5.74, 6) is -1.17. The summed E-state index contributed by atoms with van der Waals surface area (Å²) < 4.78 is 63.9. The Kier molecular flexibility index (Phi) is 4.16. The molecule has 3 N–H and O–H groups in total. The second kappa shape index (κ2) is 5.61. The number of nitrogens with one attached hydrogen (secondary N) is 2. The van der Waals surface area contributed by atoms with Crippen LogP contribution in [0.15, 0.2) is 29.3 Å². The molecule has 6 nitrogen and oxygen atoms in total. The van der Waals surface area contributed by atoms with E-state index in [9.17, 15) is 26.4 Å². The van der Waals surface area contributed by atoms with Gasteiger partial charge in [-0.1, -0.05) is 6.07 Å². The van der Waals surface area contributed by atoms with Crippen molar-refractivity contribution in [1.82, 2.24) is 9.71 Å². The number of aromatic amines is 1. The Hall–Kier alpha value is -2.07. The van der Waals surface area contributed by atoms with Gasteiger partial charge in [-0.15, -0.1) is 0 Å². The van der Waals surface area contributed by atoms with Crippen molar-refractivity contribution in [2.75, 3.05) is 6.54 Å². The van der Waals surface area contributed by atoms with Gasteiger partial charge in [-0.05, 0) is 12.1 Å². The number of sulfonamides is 1. The number of alkyl halides is 3. The molecule has 0 atom stereocenters. The van der Waals surface area contributed by atoms with Crippen molar-refractivity contribution in [3.63, 3.8) is 0 Å². The molecule has 0 aliphatic heterocycles. The van der Waals surface area contributed by atoms with Crippen molar-refractivity contribution < 1.29 is 31.5 Å². The van der Waals surface area contributed by atoms with Crippen LogP contribution in [-0.4, -0.2) is 31.0 Å². The molecule has 22 heavy (non-hydrogen) atoms. The molecule has 0 saturated carbocycles. The van der Waals surface area contributed by atoms with Crippen LogP contribution in [0.2, 0.25) is 0 Å². The zero-order valence-corrected chi connectivity index (χ0v) is 11.8. The van der Waals surface area contributed by atoms with Gasteiger partial charge in [-0.2, -0.15) is 13.2 Å². The highest BCUT2D eigenvalue weighted by atomic mass is 32.2. The van der Waals surface area contributed by atoms with Crippen molar-refractivity contribution in [3.8, 4) is 0 Å². The summed E-state index contributed by atoms with van der Waals surface area (Å²) >= 11 is 0. The minimum atomic E-state index is -4.53. The zero-order valence-electron chi connectivity index (χ0n) is 10.9. The fraction of sp³-hybridized carbons (Fsp3) is 0.250. The van der Waals surface area contributed by atoms with Crippen LogP contribution in [0.3, 0.4) is 0 Å². The van der Waals surface area contributed by atoms with E-state index in [1.54, 1.807) is 0 Å². The second-order valence-corrected chi connectivity index (χ2v) is 6.19. The van der Waals surface area contributed by atoms with Gasteiger partial charge in [0.2, 0.25) is 10.0 Å². The lowest BCUT2D eigenvalue weighted by molar-refractivity contribution is -0.138. The first-order chi connectivity index (χ1) is 10.1. The lowest BCUT2D eigenvalue weighted by Gasteiger charge is -2.07. The predicted octanol–water partition coefficient (Wildman–Crippen LogP) is 1.94. The summed E-state index contributed by atoms with van der Waals surface area (Å²) in [7, 11) is -4.01. The standard InChI is InChI=1S/C12H11F3N2O4S/c13-12(14,15)7-1-2-8-9(5-7)16-6-10(8)22(20,21)17-4-3-11(18)19/h1-2,5-6,16-17H,3-4H2,(H,18,19). The van der Waals surface area contributed by atoms with Gasteiger partial charge in [0.15, 0.2) is 0 Å². The summed E-state index contributed by atoms with van der Waals surface area (Å²) in [4.78, 5) is 12.6. The molecule has 0 fully saturated rings. The smallest absolute Gasteiger partial charge is 0.416 e. The van der Waals surface area contributed by atoms with E-state index in [0.29, 0.717) is 0 Å². The number of carboxylic acid groups (broad SMARTS) is 1. The molecule has 0 radical (unpaired) electrons. The van der Waals surface area contributed by atoms with Gasteiger partial charge in [0, 0.05) is 23.6 Å². The fourth-order valence-corrected chi connectivity index (χ4v) is 3.08. The quantitative estimate of drug-likeness (QED) is 0.777. The molecule has 1 aromatic heterocycles. The van der Waals surface area contributed by atoms with E-state index < -0.39 is 34.2 Å². The van der Waals surface area contributed by atoms with Gasteiger partial charge in [0.1, 0.15) is 4.90 Å². The Morgan fingerprint density at radius 3 is 2.59 bits per heavy atom. The molecule has 0 spiro atoms. The molecular weight excluding hydrogens is 325 g/mol. The average molecular weight is 336 g/mol. The third-order valence-electron chi connectivity index (χ3n) is 2.89. The Balaban J connectivity index is 2.35. The van der Waals surface area contributed by atoms with E-state index in [-0.39, 0.29) is 22.3 Å². The maximum absolute atomic E-state index is 12.6.